The number of rotatable bonds is 3. The Morgan fingerprint density at radius 3 is 2.54 bits per heavy atom. The molecule has 0 radical (unpaired) electrons. The SMILES string of the molecule is O=S(=O)(c1ccc(-c2cc(C(F)(F)F)on2)s1)N1CCC(O)CC1. The molecular weight excluding hydrogens is 369 g/mol. The Hall–Kier alpha value is -1.43. The molecule has 1 fully saturated rings. The van der Waals surface area contributed by atoms with Gasteiger partial charge >= 0.3 is 6.18 Å². The minimum absolute atomic E-state index is 0.0189. The van der Waals surface area contributed by atoms with Crippen molar-refractivity contribution in [2.75, 3.05) is 13.1 Å². The van der Waals surface area contributed by atoms with Gasteiger partial charge < -0.3 is 9.63 Å². The van der Waals surface area contributed by atoms with E-state index in [2.05, 4.69) is 9.68 Å². The Labute approximate surface area is 139 Å². The number of halogens is 3. The number of aliphatic hydroxyl groups is 1. The molecule has 2 aromatic rings. The lowest BCUT2D eigenvalue weighted by Crippen LogP contribution is -2.39. The molecule has 1 aliphatic heterocycles. The van der Waals surface area contributed by atoms with Crippen LogP contribution in [0.5, 0.6) is 0 Å². The quantitative estimate of drug-likeness (QED) is 0.882. The predicted molar refractivity (Wildman–Crippen MR) is 78.8 cm³/mol. The molecule has 0 aliphatic carbocycles. The minimum atomic E-state index is -4.65. The van der Waals surface area contributed by atoms with Gasteiger partial charge in [-0.05, 0) is 25.0 Å². The first-order chi connectivity index (χ1) is 11.2. The Morgan fingerprint density at radius 1 is 1.29 bits per heavy atom. The second-order valence-electron chi connectivity index (χ2n) is 5.33. The molecule has 2 aromatic heterocycles. The second kappa shape index (κ2) is 6.14. The first kappa shape index (κ1) is 17.4. The highest BCUT2D eigenvalue weighted by molar-refractivity contribution is 7.91. The van der Waals surface area contributed by atoms with Crippen molar-refractivity contribution in [2.24, 2.45) is 0 Å². The van der Waals surface area contributed by atoms with Crippen molar-refractivity contribution in [3.63, 3.8) is 0 Å². The van der Waals surface area contributed by atoms with Crippen LogP contribution in [0.15, 0.2) is 26.9 Å². The number of aliphatic hydroxyl groups excluding tert-OH is 1. The van der Waals surface area contributed by atoms with Gasteiger partial charge in [-0.15, -0.1) is 11.3 Å². The third-order valence-corrected chi connectivity index (χ3v) is 7.11. The van der Waals surface area contributed by atoms with Crippen LogP contribution < -0.4 is 0 Å². The maximum atomic E-state index is 12.5. The summed E-state index contributed by atoms with van der Waals surface area (Å²) in [5, 5.41) is 12.8. The van der Waals surface area contributed by atoms with Gasteiger partial charge in [0, 0.05) is 19.2 Å². The molecule has 1 aliphatic rings. The highest BCUT2D eigenvalue weighted by Gasteiger charge is 2.36. The summed E-state index contributed by atoms with van der Waals surface area (Å²) in [5.41, 5.74) is -0.0668. The normalized spacial score (nSPS) is 18.2. The number of aromatic nitrogens is 1. The molecule has 11 heteroatoms. The number of sulfonamides is 1. The molecule has 132 valence electrons. The lowest BCUT2D eigenvalue weighted by Gasteiger charge is -2.28. The van der Waals surface area contributed by atoms with Crippen molar-refractivity contribution in [3.8, 4) is 10.6 Å². The summed E-state index contributed by atoms with van der Waals surface area (Å²) in [7, 11) is -3.73. The molecule has 0 amide bonds. The van der Waals surface area contributed by atoms with Crippen molar-refractivity contribution in [2.45, 2.75) is 29.3 Å². The van der Waals surface area contributed by atoms with Crippen molar-refractivity contribution in [3.05, 3.63) is 24.0 Å². The van der Waals surface area contributed by atoms with E-state index in [0.717, 1.165) is 17.4 Å². The molecule has 0 saturated carbocycles. The van der Waals surface area contributed by atoms with Gasteiger partial charge in [-0.1, -0.05) is 5.16 Å². The number of hydrogen-bond donors (Lipinski definition) is 1. The van der Waals surface area contributed by atoms with Crippen LogP contribution in [-0.4, -0.2) is 42.2 Å². The molecule has 6 nitrogen and oxygen atoms in total. The number of hydrogen-bond acceptors (Lipinski definition) is 6. The van der Waals surface area contributed by atoms with Crippen molar-refractivity contribution < 1.29 is 31.2 Å². The zero-order valence-electron chi connectivity index (χ0n) is 12.2. The third-order valence-electron chi connectivity index (χ3n) is 3.64. The minimum Gasteiger partial charge on any atom is -0.393 e. The van der Waals surface area contributed by atoms with E-state index >= 15 is 0 Å². The third kappa shape index (κ3) is 3.34. The smallest absolute Gasteiger partial charge is 0.393 e. The van der Waals surface area contributed by atoms with E-state index in [1.165, 1.54) is 16.4 Å². The summed E-state index contributed by atoms with van der Waals surface area (Å²) in [6.07, 6.45) is -4.44. The summed E-state index contributed by atoms with van der Waals surface area (Å²) >= 11 is 0.829. The highest BCUT2D eigenvalue weighted by Crippen LogP contribution is 2.36. The van der Waals surface area contributed by atoms with Crippen molar-refractivity contribution in [1.82, 2.24) is 9.46 Å². The molecule has 0 spiro atoms. The summed E-state index contributed by atoms with van der Waals surface area (Å²) < 4.78 is 68.2. The van der Waals surface area contributed by atoms with Gasteiger partial charge in [0.2, 0.25) is 5.76 Å². The lowest BCUT2D eigenvalue weighted by atomic mass is 10.1. The van der Waals surface area contributed by atoms with Crippen LogP contribution in [0, 0.1) is 0 Å². The second-order valence-corrected chi connectivity index (χ2v) is 8.58. The lowest BCUT2D eigenvalue weighted by molar-refractivity contribution is -0.155. The molecule has 0 unspecified atom stereocenters. The van der Waals surface area contributed by atoms with Crippen LogP contribution in [0.1, 0.15) is 18.6 Å². The van der Waals surface area contributed by atoms with Gasteiger partial charge in [-0.3, -0.25) is 0 Å². The number of thiophene rings is 1. The largest absolute Gasteiger partial charge is 0.452 e. The Kier molecular flexibility index (Phi) is 4.45. The van der Waals surface area contributed by atoms with Gasteiger partial charge in [0.25, 0.3) is 10.0 Å². The molecule has 3 heterocycles. The topological polar surface area (TPSA) is 83.6 Å². The van der Waals surface area contributed by atoms with Gasteiger partial charge in [-0.2, -0.15) is 17.5 Å². The van der Waals surface area contributed by atoms with E-state index in [-0.39, 0.29) is 27.9 Å². The first-order valence-corrected chi connectivity index (χ1v) is 9.26. The summed E-state index contributed by atoms with van der Waals surface area (Å²) in [6.45, 7) is 0.415. The van der Waals surface area contributed by atoms with E-state index in [1.54, 1.807) is 0 Å². The van der Waals surface area contributed by atoms with Crippen LogP contribution >= 0.6 is 11.3 Å². The molecular formula is C13H13F3N2O4S2. The zero-order chi connectivity index (χ0) is 17.5. The number of alkyl halides is 3. The fourth-order valence-corrected chi connectivity index (χ4v) is 5.21. The van der Waals surface area contributed by atoms with Crippen LogP contribution in [0.25, 0.3) is 10.6 Å². The maximum Gasteiger partial charge on any atom is 0.452 e. The van der Waals surface area contributed by atoms with Crippen LogP contribution in [-0.2, 0) is 16.2 Å². The maximum absolute atomic E-state index is 12.5. The molecule has 1 N–H and O–H groups in total. The Balaban J connectivity index is 1.84. The van der Waals surface area contributed by atoms with E-state index in [4.69, 9.17) is 0 Å². The Morgan fingerprint density at radius 2 is 1.96 bits per heavy atom. The molecule has 0 atom stereocenters. The van der Waals surface area contributed by atoms with Gasteiger partial charge in [-0.25, -0.2) is 8.42 Å². The number of nitrogens with zero attached hydrogens (tertiary/aromatic N) is 2. The summed E-state index contributed by atoms with van der Waals surface area (Å²) in [6, 6.07) is 3.47. The Bertz CT molecular complexity index is 820. The van der Waals surface area contributed by atoms with Crippen LogP contribution in [0.4, 0.5) is 13.2 Å². The monoisotopic (exact) mass is 382 g/mol. The fraction of sp³-hybridized carbons (Fsp3) is 0.462. The standard InChI is InChI=1S/C13H13F3N2O4S2/c14-13(15,16)11-7-9(17-22-11)10-1-2-12(23-10)24(20,21)18-5-3-8(19)4-6-18/h1-2,7-8,19H,3-6H2. The molecule has 1 saturated heterocycles. The number of piperidine rings is 1. The first-order valence-electron chi connectivity index (χ1n) is 7.00. The zero-order valence-corrected chi connectivity index (χ0v) is 13.8. The van der Waals surface area contributed by atoms with Crippen LogP contribution in [0.3, 0.4) is 0 Å². The predicted octanol–water partition coefficient (Wildman–Crippen LogP) is 2.57. The van der Waals surface area contributed by atoms with E-state index < -0.39 is 28.1 Å². The van der Waals surface area contributed by atoms with E-state index in [9.17, 15) is 26.7 Å². The van der Waals surface area contributed by atoms with Gasteiger partial charge in [0.1, 0.15) is 9.90 Å². The highest BCUT2D eigenvalue weighted by atomic mass is 32.2. The van der Waals surface area contributed by atoms with E-state index in [0.29, 0.717) is 12.8 Å². The molecule has 24 heavy (non-hydrogen) atoms. The van der Waals surface area contributed by atoms with Crippen molar-refractivity contribution in [1.29, 1.82) is 0 Å². The van der Waals surface area contributed by atoms with Gasteiger partial charge in [0.15, 0.2) is 0 Å². The molecule has 0 aromatic carbocycles. The molecule has 3 rings (SSSR count). The molecule has 0 bridgehead atoms. The fourth-order valence-electron chi connectivity index (χ4n) is 2.33. The van der Waals surface area contributed by atoms with Crippen molar-refractivity contribution >= 4 is 21.4 Å². The average Bonchev–Trinajstić information content (AvgIpc) is 3.16. The van der Waals surface area contributed by atoms with Crippen LogP contribution in [0.2, 0.25) is 0 Å². The summed E-state index contributed by atoms with van der Waals surface area (Å²) in [4.78, 5) is 0.268. The average molecular weight is 382 g/mol. The van der Waals surface area contributed by atoms with E-state index in [1.807, 2.05) is 0 Å². The summed E-state index contributed by atoms with van der Waals surface area (Å²) in [5.74, 6) is -1.24. The van der Waals surface area contributed by atoms with Gasteiger partial charge in [0.05, 0.1) is 11.0 Å².